The number of esters is 1. The zero-order valence-electron chi connectivity index (χ0n) is 18.4. The first-order chi connectivity index (χ1) is 16.0. The smallest absolute Gasteiger partial charge is 0.337 e. The number of aromatic nitrogens is 6. The van der Waals surface area contributed by atoms with Crippen molar-refractivity contribution in [2.45, 2.75) is 6.92 Å². The van der Waals surface area contributed by atoms with Crippen molar-refractivity contribution >= 4 is 23.3 Å². The van der Waals surface area contributed by atoms with Crippen molar-refractivity contribution in [1.29, 1.82) is 0 Å². The van der Waals surface area contributed by atoms with Crippen molar-refractivity contribution in [2.24, 2.45) is 0 Å². The van der Waals surface area contributed by atoms with E-state index in [2.05, 4.69) is 20.1 Å². The highest BCUT2D eigenvalue weighted by Crippen LogP contribution is 2.33. The molecule has 0 atom stereocenters. The van der Waals surface area contributed by atoms with Crippen molar-refractivity contribution in [3.05, 3.63) is 78.4 Å². The van der Waals surface area contributed by atoms with E-state index < -0.39 is 5.97 Å². The van der Waals surface area contributed by atoms with Crippen LogP contribution in [0.15, 0.2) is 67.1 Å². The predicted octanol–water partition coefficient (Wildman–Crippen LogP) is 4.04. The number of hydrogen-bond acceptors (Lipinski definition) is 7. The summed E-state index contributed by atoms with van der Waals surface area (Å²) in [6.07, 6.45) is 3.40. The third kappa shape index (κ3) is 3.80. The number of hydrogen-bond donors (Lipinski definition) is 1. The van der Waals surface area contributed by atoms with Crippen molar-refractivity contribution in [3.8, 4) is 22.6 Å². The topological polar surface area (TPSA) is 101 Å². The van der Waals surface area contributed by atoms with E-state index in [9.17, 15) is 4.79 Å². The van der Waals surface area contributed by atoms with Gasteiger partial charge < -0.3 is 14.6 Å². The Balaban J connectivity index is 1.63. The molecular weight excluding hydrogens is 418 g/mol. The highest BCUT2D eigenvalue weighted by atomic mass is 16.5. The monoisotopic (exact) mass is 439 g/mol. The minimum Gasteiger partial charge on any atom is -0.465 e. The molecule has 4 heterocycles. The Morgan fingerprint density at radius 3 is 2.76 bits per heavy atom. The predicted molar refractivity (Wildman–Crippen MR) is 124 cm³/mol. The zero-order valence-corrected chi connectivity index (χ0v) is 18.4. The summed E-state index contributed by atoms with van der Waals surface area (Å²) in [7, 11) is 3.25. The number of aryl methyl sites for hydroxylation is 1. The van der Waals surface area contributed by atoms with E-state index >= 15 is 0 Å². The molecular formula is C24H21N7O2. The molecule has 0 bridgehead atoms. The highest BCUT2D eigenvalue weighted by Gasteiger charge is 2.19. The minimum absolute atomic E-state index is 0.392. The van der Waals surface area contributed by atoms with E-state index in [0.29, 0.717) is 11.5 Å². The number of pyridine rings is 2. The van der Waals surface area contributed by atoms with Crippen molar-refractivity contribution < 1.29 is 9.53 Å². The molecule has 0 saturated heterocycles. The van der Waals surface area contributed by atoms with Gasteiger partial charge in [-0.1, -0.05) is 12.1 Å². The minimum atomic E-state index is -0.392. The molecule has 0 unspecified atom stereocenters. The van der Waals surface area contributed by atoms with Gasteiger partial charge in [-0.15, -0.1) is 0 Å². The van der Waals surface area contributed by atoms with Crippen LogP contribution in [0, 0.1) is 6.92 Å². The van der Waals surface area contributed by atoms with Crippen molar-refractivity contribution in [3.63, 3.8) is 0 Å². The molecule has 1 aromatic carbocycles. The maximum absolute atomic E-state index is 12.0. The van der Waals surface area contributed by atoms with Gasteiger partial charge >= 0.3 is 5.97 Å². The molecule has 5 aromatic rings. The van der Waals surface area contributed by atoms with E-state index in [1.165, 1.54) is 13.4 Å². The zero-order chi connectivity index (χ0) is 22.9. The Morgan fingerprint density at radius 2 is 1.94 bits per heavy atom. The molecule has 4 aromatic heterocycles. The molecule has 33 heavy (non-hydrogen) atoms. The largest absolute Gasteiger partial charge is 0.465 e. The first-order valence-electron chi connectivity index (χ1n) is 10.3. The summed E-state index contributed by atoms with van der Waals surface area (Å²) < 4.78 is 6.56. The molecule has 0 saturated carbocycles. The van der Waals surface area contributed by atoms with E-state index in [1.54, 1.807) is 16.6 Å². The average Bonchev–Trinajstić information content (AvgIpc) is 3.50. The van der Waals surface area contributed by atoms with Gasteiger partial charge in [0.2, 0.25) is 5.95 Å². The van der Waals surface area contributed by atoms with Crippen LogP contribution < -0.4 is 4.90 Å². The molecule has 0 spiro atoms. The van der Waals surface area contributed by atoms with E-state index in [0.717, 1.165) is 39.7 Å². The van der Waals surface area contributed by atoms with Crippen LogP contribution in [0.2, 0.25) is 0 Å². The molecule has 9 heteroatoms. The molecule has 9 nitrogen and oxygen atoms in total. The fourth-order valence-corrected chi connectivity index (χ4v) is 3.63. The van der Waals surface area contributed by atoms with Crippen LogP contribution in [0.3, 0.4) is 0 Å². The Hall–Kier alpha value is -4.53. The van der Waals surface area contributed by atoms with E-state index in [4.69, 9.17) is 9.72 Å². The van der Waals surface area contributed by atoms with E-state index in [-0.39, 0.29) is 0 Å². The Kier molecular flexibility index (Phi) is 5.06. The summed E-state index contributed by atoms with van der Waals surface area (Å²) in [4.78, 5) is 31.1. The summed E-state index contributed by atoms with van der Waals surface area (Å²) >= 11 is 0. The fourth-order valence-electron chi connectivity index (χ4n) is 3.63. The molecule has 1 N–H and O–H groups in total. The number of ether oxygens (including phenoxy) is 1. The fraction of sp³-hybridized carbons (Fsp3) is 0.125. The van der Waals surface area contributed by atoms with Gasteiger partial charge in [0.1, 0.15) is 12.0 Å². The van der Waals surface area contributed by atoms with Crippen LogP contribution in [-0.4, -0.2) is 49.7 Å². The summed E-state index contributed by atoms with van der Waals surface area (Å²) in [5.74, 6) is 0.208. The third-order valence-electron chi connectivity index (χ3n) is 5.36. The van der Waals surface area contributed by atoms with Crippen LogP contribution in [0.25, 0.3) is 28.3 Å². The number of carbonyl (C=O) groups is 1. The second kappa shape index (κ2) is 8.19. The second-order valence-corrected chi connectivity index (χ2v) is 7.53. The molecule has 5 rings (SSSR count). The van der Waals surface area contributed by atoms with Crippen LogP contribution in [0.1, 0.15) is 16.1 Å². The number of nitrogens with one attached hydrogen (secondary N) is 1. The number of carbonyl (C=O) groups excluding carboxylic acids is 1. The van der Waals surface area contributed by atoms with Gasteiger partial charge in [0, 0.05) is 30.2 Å². The number of anilines is 2. The molecule has 0 aliphatic rings. The molecule has 0 radical (unpaired) electrons. The quantitative estimate of drug-likeness (QED) is 0.412. The van der Waals surface area contributed by atoms with Crippen molar-refractivity contribution in [2.75, 3.05) is 19.1 Å². The van der Waals surface area contributed by atoms with Gasteiger partial charge in [0.05, 0.1) is 24.1 Å². The molecule has 0 aliphatic heterocycles. The number of imidazole rings is 1. The Labute approximate surface area is 189 Å². The lowest BCUT2D eigenvalue weighted by molar-refractivity contribution is 0.0601. The number of nitrogens with zero attached hydrogens (tertiary/aromatic N) is 6. The maximum atomic E-state index is 12.0. The lowest BCUT2D eigenvalue weighted by atomic mass is 10.1. The number of fused-ring (bicyclic) bond motifs is 1. The molecule has 0 amide bonds. The summed E-state index contributed by atoms with van der Waals surface area (Å²) in [5, 5.41) is 4.24. The second-order valence-electron chi connectivity index (χ2n) is 7.53. The maximum Gasteiger partial charge on any atom is 0.337 e. The SMILES string of the molecule is COC(=O)c1cccc(N(C)c2nc(-c3ccc4ncnn4c3)c(-c3cccc(C)n3)[nH]2)c1. The first-order valence-corrected chi connectivity index (χ1v) is 10.3. The molecule has 0 fully saturated rings. The summed E-state index contributed by atoms with van der Waals surface area (Å²) in [6.45, 7) is 1.95. The van der Waals surface area contributed by atoms with Crippen LogP contribution >= 0.6 is 0 Å². The van der Waals surface area contributed by atoms with Crippen LogP contribution in [0.5, 0.6) is 0 Å². The van der Waals surface area contributed by atoms with Crippen molar-refractivity contribution in [1.82, 2.24) is 29.5 Å². The van der Waals surface area contributed by atoms with Gasteiger partial charge in [-0.3, -0.25) is 4.98 Å². The van der Waals surface area contributed by atoms with Gasteiger partial charge in [-0.25, -0.2) is 19.3 Å². The summed E-state index contributed by atoms with van der Waals surface area (Å²) in [6, 6.07) is 16.9. The number of H-pyrrole nitrogens is 1. The Bertz CT molecular complexity index is 1470. The number of methoxy groups -OCH3 is 1. The Morgan fingerprint density at radius 1 is 1.09 bits per heavy atom. The number of rotatable bonds is 5. The number of aromatic amines is 1. The van der Waals surface area contributed by atoms with Gasteiger partial charge in [-0.2, -0.15) is 5.10 Å². The van der Waals surface area contributed by atoms with Crippen LogP contribution in [-0.2, 0) is 4.74 Å². The standard InChI is InChI=1S/C24H21N7O2/c1-15-6-4-9-19(27-15)22-21(17-10-11-20-25-14-26-31(20)13-17)28-24(29-22)30(2)18-8-5-7-16(12-18)23(32)33-3/h4-14H,1-3H3,(H,28,29). The van der Waals surface area contributed by atoms with Gasteiger partial charge in [0.15, 0.2) is 5.65 Å². The highest BCUT2D eigenvalue weighted by molar-refractivity contribution is 5.90. The molecule has 164 valence electrons. The van der Waals surface area contributed by atoms with E-state index in [1.807, 2.05) is 67.5 Å². The third-order valence-corrected chi connectivity index (χ3v) is 5.36. The average molecular weight is 439 g/mol. The van der Waals surface area contributed by atoms with Crippen LogP contribution in [0.4, 0.5) is 11.6 Å². The van der Waals surface area contributed by atoms with Gasteiger partial charge in [0.25, 0.3) is 0 Å². The summed E-state index contributed by atoms with van der Waals surface area (Å²) in [5.41, 5.74) is 6.06. The normalized spacial score (nSPS) is 11.0. The molecule has 0 aliphatic carbocycles. The first kappa shape index (κ1) is 20.4. The van der Waals surface area contributed by atoms with Gasteiger partial charge in [-0.05, 0) is 49.4 Å². The number of benzene rings is 1. The lowest BCUT2D eigenvalue weighted by Crippen LogP contribution is -2.12. The lowest BCUT2D eigenvalue weighted by Gasteiger charge is -2.16.